The van der Waals surface area contributed by atoms with Crippen LogP contribution in [0.1, 0.15) is 62.5 Å². The predicted octanol–water partition coefficient (Wildman–Crippen LogP) is 5.50. The first kappa shape index (κ1) is 18.0. The molecule has 0 spiro atoms. The Morgan fingerprint density at radius 2 is 1.84 bits per heavy atom. The molecule has 0 amide bonds. The Hall–Kier alpha value is -1.81. The lowest BCUT2D eigenvalue weighted by Gasteiger charge is -2.28. The topological polar surface area (TPSA) is 35.0 Å². The van der Waals surface area contributed by atoms with Crippen LogP contribution in [0, 0.1) is 11.7 Å². The molecule has 0 radical (unpaired) electrons. The summed E-state index contributed by atoms with van der Waals surface area (Å²) in [6.07, 6.45) is 11.6. The van der Waals surface area contributed by atoms with Crippen LogP contribution in [0.15, 0.2) is 30.6 Å². The summed E-state index contributed by atoms with van der Waals surface area (Å²) in [6.45, 7) is 2.54. The third-order valence-corrected chi connectivity index (χ3v) is 5.30. The van der Waals surface area contributed by atoms with Crippen LogP contribution in [0.5, 0.6) is 0 Å². The Morgan fingerprint density at radius 1 is 1.12 bits per heavy atom. The number of nitrogens with zero attached hydrogens (tertiary/aromatic N) is 2. The van der Waals surface area contributed by atoms with Gasteiger partial charge in [0.2, 0.25) is 0 Å². The predicted molar refractivity (Wildman–Crippen MR) is 97.7 cm³/mol. The van der Waals surface area contributed by atoms with Gasteiger partial charge in [-0.3, -0.25) is 0 Å². The van der Waals surface area contributed by atoms with Crippen LogP contribution in [0.2, 0.25) is 0 Å². The molecule has 3 nitrogen and oxygen atoms in total. The quantitative estimate of drug-likeness (QED) is 0.695. The van der Waals surface area contributed by atoms with Gasteiger partial charge in [-0.15, -0.1) is 0 Å². The summed E-state index contributed by atoms with van der Waals surface area (Å²) in [5.41, 5.74) is 2.47. The van der Waals surface area contributed by atoms with E-state index in [-0.39, 0.29) is 12.4 Å². The molecule has 134 valence electrons. The van der Waals surface area contributed by atoms with E-state index < -0.39 is 0 Å². The molecule has 3 rings (SSSR count). The van der Waals surface area contributed by atoms with Crippen molar-refractivity contribution in [1.82, 2.24) is 9.97 Å². The summed E-state index contributed by atoms with van der Waals surface area (Å²) < 4.78 is 19.0. The van der Waals surface area contributed by atoms with Gasteiger partial charge in [-0.2, -0.15) is 0 Å². The molecule has 4 heteroatoms. The maximum Gasteiger partial charge on any atom is 0.159 e. The van der Waals surface area contributed by atoms with E-state index in [0.29, 0.717) is 22.9 Å². The number of benzene rings is 1. The molecule has 1 saturated carbocycles. The van der Waals surface area contributed by atoms with Gasteiger partial charge in [-0.05, 0) is 49.1 Å². The van der Waals surface area contributed by atoms with Crippen LogP contribution >= 0.6 is 0 Å². The molecule has 1 fully saturated rings. The molecule has 0 atom stereocenters. The van der Waals surface area contributed by atoms with Crippen LogP contribution in [0.4, 0.5) is 4.39 Å². The minimum Gasteiger partial charge on any atom is -0.380 e. The summed E-state index contributed by atoms with van der Waals surface area (Å²) in [5.74, 6) is 1.77. The maximum absolute atomic E-state index is 14.1. The highest BCUT2D eigenvalue weighted by atomic mass is 19.1. The second-order valence-corrected chi connectivity index (χ2v) is 7.09. The average molecular weight is 342 g/mol. The molecule has 1 aliphatic rings. The van der Waals surface area contributed by atoms with E-state index in [0.717, 1.165) is 5.92 Å². The summed E-state index contributed by atoms with van der Waals surface area (Å²) in [5, 5.41) is 0. The summed E-state index contributed by atoms with van der Waals surface area (Å²) in [7, 11) is 1.56. The Kier molecular flexibility index (Phi) is 6.14. The summed E-state index contributed by atoms with van der Waals surface area (Å²) in [4.78, 5) is 8.97. The minimum atomic E-state index is -0.277. The fourth-order valence-corrected chi connectivity index (χ4v) is 3.85. The highest BCUT2D eigenvalue weighted by Gasteiger charge is 2.22. The van der Waals surface area contributed by atoms with E-state index in [2.05, 4.69) is 16.9 Å². The van der Waals surface area contributed by atoms with Gasteiger partial charge in [0, 0.05) is 30.6 Å². The molecule has 1 heterocycles. The van der Waals surface area contributed by atoms with Gasteiger partial charge < -0.3 is 4.74 Å². The smallest absolute Gasteiger partial charge is 0.159 e. The number of ether oxygens (including phenoxy) is 1. The first-order chi connectivity index (χ1) is 12.2. The van der Waals surface area contributed by atoms with Crippen molar-refractivity contribution in [2.45, 2.75) is 58.0 Å². The normalized spacial score (nSPS) is 20.6. The van der Waals surface area contributed by atoms with Gasteiger partial charge in [-0.1, -0.05) is 31.9 Å². The maximum atomic E-state index is 14.1. The number of hydrogen-bond acceptors (Lipinski definition) is 3. The Morgan fingerprint density at radius 3 is 2.44 bits per heavy atom. The molecule has 0 bridgehead atoms. The molecule has 1 aromatic heterocycles. The average Bonchev–Trinajstić information content (AvgIpc) is 2.65. The van der Waals surface area contributed by atoms with Gasteiger partial charge in [0.25, 0.3) is 0 Å². The lowest BCUT2D eigenvalue weighted by Crippen LogP contribution is -2.13. The van der Waals surface area contributed by atoms with E-state index >= 15 is 0 Å². The Bertz CT molecular complexity index is 679. The number of rotatable bonds is 6. The zero-order valence-electron chi connectivity index (χ0n) is 15.2. The Balaban J connectivity index is 1.67. The van der Waals surface area contributed by atoms with E-state index in [1.807, 2.05) is 18.5 Å². The molecule has 0 aliphatic heterocycles. The van der Waals surface area contributed by atoms with E-state index in [4.69, 9.17) is 4.74 Å². The third-order valence-electron chi connectivity index (χ3n) is 5.30. The van der Waals surface area contributed by atoms with Crippen molar-refractivity contribution in [3.05, 3.63) is 47.5 Å². The molecule has 0 unspecified atom stereocenters. The van der Waals surface area contributed by atoms with Crippen LogP contribution in [0.3, 0.4) is 0 Å². The summed E-state index contributed by atoms with van der Waals surface area (Å²) in [6, 6.07) is 5.07. The molecular formula is C21H27FN2O. The number of methoxy groups -OCH3 is 1. The fraction of sp³-hybridized carbons (Fsp3) is 0.524. The minimum absolute atomic E-state index is 0.270. The Labute approximate surface area is 149 Å². The van der Waals surface area contributed by atoms with Crippen molar-refractivity contribution in [2.75, 3.05) is 7.11 Å². The zero-order valence-corrected chi connectivity index (χ0v) is 15.2. The van der Waals surface area contributed by atoms with Crippen LogP contribution in [-0.4, -0.2) is 17.1 Å². The number of aromatic nitrogens is 2. The van der Waals surface area contributed by atoms with Gasteiger partial charge >= 0.3 is 0 Å². The van der Waals surface area contributed by atoms with E-state index in [1.54, 1.807) is 13.2 Å². The van der Waals surface area contributed by atoms with Gasteiger partial charge in [0.1, 0.15) is 5.82 Å². The third kappa shape index (κ3) is 4.43. The first-order valence-corrected chi connectivity index (χ1v) is 9.31. The monoisotopic (exact) mass is 342 g/mol. The van der Waals surface area contributed by atoms with Crippen molar-refractivity contribution in [2.24, 2.45) is 5.92 Å². The molecule has 0 N–H and O–H groups in total. The molecule has 1 aliphatic carbocycles. The molecule has 1 aromatic carbocycles. The summed E-state index contributed by atoms with van der Waals surface area (Å²) >= 11 is 0. The van der Waals surface area contributed by atoms with Crippen molar-refractivity contribution in [3.8, 4) is 11.4 Å². The number of hydrogen-bond donors (Lipinski definition) is 0. The SMILES string of the molecule is CCC[C@H]1CC[C@H](c2cnc(-c3ccc(COC)c(F)c3)nc2)CC1. The first-order valence-electron chi connectivity index (χ1n) is 9.31. The van der Waals surface area contributed by atoms with Gasteiger partial charge in [-0.25, -0.2) is 14.4 Å². The van der Waals surface area contributed by atoms with Gasteiger partial charge in [0.05, 0.1) is 6.61 Å². The van der Waals surface area contributed by atoms with Crippen molar-refractivity contribution >= 4 is 0 Å². The van der Waals surface area contributed by atoms with E-state index in [9.17, 15) is 4.39 Å². The second-order valence-electron chi connectivity index (χ2n) is 7.09. The second kappa shape index (κ2) is 8.52. The van der Waals surface area contributed by atoms with Gasteiger partial charge in [0.15, 0.2) is 5.82 Å². The highest BCUT2D eigenvalue weighted by molar-refractivity contribution is 5.55. The van der Waals surface area contributed by atoms with E-state index in [1.165, 1.54) is 50.2 Å². The molecule has 0 saturated heterocycles. The fourth-order valence-electron chi connectivity index (χ4n) is 3.85. The molecule has 2 aromatic rings. The lowest BCUT2D eigenvalue weighted by atomic mass is 9.78. The number of halogens is 1. The zero-order chi connectivity index (χ0) is 17.6. The largest absolute Gasteiger partial charge is 0.380 e. The molecule has 25 heavy (non-hydrogen) atoms. The van der Waals surface area contributed by atoms with Crippen molar-refractivity contribution in [1.29, 1.82) is 0 Å². The van der Waals surface area contributed by atoms with Crippen LogP contribution in [0.25, 0.3) is 11.4 Å². The standard InChI is InChI=1S/C21H27FN2O/c1-3-4-15-5-7-16(8-6-15)19-12-23-21(24-13-19)17-9-10-18(14-25-2)20(22)11-17/h9-13,15-16H,3-8,14H2,1-2H3/t15-,16-. The van der Waals surface area contributed by atoms with Crippen LogP contribution in [-0.2, 0) is 11.3 Å². The van der Waals surface area contributed by atoms with Crippen LogP contribution < -0.4 is 0 Å². The lowest BCUT2D eigenvalue weighted by molar-refractivity contribution is 0.181. The highest BCUT2D eigenvalue weighted by Crippen LogP contribution is 2.37. The van der Waals surface area contributed by atoms with Crippen molar-refractivity contribution < 1.29 is 9.13 Å². The molecular weight excluding hydrogens is 315 g/mol. The van der Waals surface area contributed by atoms with Crippen molar-refractivity contribution in [3.63, 3.8) is 0 Å².